The molecule has 1 N–H and O–H groups in total. The fraction of sp³-hybridized carbons (Fsp3) is 0.263. The number of aliphatic imine (C=N–C) groups is 2. The van der Waals surface area contributed by atoms with Crippen molar-refractivity contribution in [3.63, 3.8) is 0 Å². The summed E-state index contributed by atoms with van der Waals surface area (Å²) < 4.78 is 0. The molecule has 0 aliphatic carbocycles. The van der Waals surface area contributed by atoms with E-state index in [1.807, 2.05) is 51.4 Å². The topological polar surface area (TPSA) is 36.8 Å². The molecular weight excluding hydrogens is 270 g/mol. The smallest absolute Gasteiger partial charge is 0.0710 e. The van der Waals surface area contributed by atoms with Gasteiger partial charge in [0.15, 0.2) is 0 Å². The summed E-state index contributed by atoms with van der Waals surface area (Å²) in [6.45, 7) is 10.3. The number of anilines is 1. The monoisotopic (exact) mass is 295 g/mol. The van der Waals surface area contributed by atoms with Gasteiger partial charge in [0.2, 0.25) is 0 Å². The van der Waals surface area contributed by atoms with Crippen molar-refractivity contribution in [2.75, 3.05) is 12.4 Å². The van der Waals surface area contributed by atoms with E-state index in [2.05, 4.69) is 47.1 Å². The molecule has 3 nitrogen and oxygen atoms in total. The van der Waals surface area contributed by atoms with Crippen LogP contribution in [0.5, 0.6) is 0 Å². The number of rotatable bonds is 5. The standard InChI is InChI=1S/C17H19N3.C2H6/c1-13-4-9-17(19-3)15(10-13)12-20-11-14-5-7-16(18-2)8-6-14;1-2/h4-10,12,18H,3,11H2,1-2H3;1-2H3. The van der Waals surface area contributed by atoms with E-state index in [1.165, 1.54) is 11.1 Å². The minimum absolute atomic E-state index is 0.661. The maximum atomic E-state index is 4.48. The van der Waals surface area contributed by atoms with Crippen LogP contribution < -0.4 is 5.32 Å². The van der Waals surface area contributed by atoms with Crippen LogP contribution in [0.4, 0.5) is 11.4 Å². The molecule has 0 radical (unpaired) electrons. The zero-order valence-corrected chi connectivity index (χ0v) is 13.9. The lowest BCUT2D eigenvalue weighted by atomic mass is 10.1. The number of hydrogen-bond acceptors (Lipinski definition) is 3. The van der Waals surface area contributed by atoms with Gasteiger partial charge in [-0.15, -0.1) is 0 Å². The maximum Gasteiger partial charge on any atom is 0.0710 e. The quantitative estimate of drug-likeness (QED) is 0.773. The summed E-state index contributed by atoms with van der Waals surface area (Å²) in [6.07, 6.45) is 1.86. The van der Waals surface area contributed by atoms with E-state index in [0.717, 1.165) is 16.9 Å². The highest BCUT2D eigenvalue weighted by molar-refractivity contribution is 5.87. The van der Waals surface area contributed by atoms with Crippen molar-refractivity contribution < 1.29 is 0 Å². The van der Waals surface area contributed by atoms with Gasteiger partial charge in [0.05, 0.1) is 12.2 Å². The van der Waals surface area contributed by atoms with Gasteiger partial charge >= 0.3 is 0 Å². The molecule has 116 valence electrons. The Morgan fingerprint density at radius 2 is 1.77 bits per heavy atom. The Balaban J connectivity index is 0.00000116. The molecule has 0 spiro atoms. The Labute approximate surface area is 133 Å². The Bertz CT molecular complexity index is 613. The second kappa shape index (κ2) is 9.50. The number of aryl methyl sites for hydroxylation is 1. The molecule has 22 heavy (non-hydrogen) atoms. The molecule has 0 aromatic heterocycles. The van der Waals surface area contributed by atoms with E-state index in [-0.39, 0.29) is 0 Å². The SMILES string of the molecule is C=Nc1ccc(C)cc1C=NCc1ccc(NC)cc1.CC. The van der Waals surface area contributed by atoms with Gasteiger partial charge in [-0.25, -0.2) is 0 Å². The van der Waals surface area contributed by atoms with Gasteiger partial charge in [0.1, 0.15) is 0 Å². The zero-order chi connectivity index (χ0) is 16.4. The molecule has 0 fully saturated rings. The third-order valence-electron chi connectivity index (χ3n) is 3.10. The third kappa shape index (κ3) is 5.17. The summed E-state index contributed by atoms with van der Waals surface area (Å²) in [5.74, 6) is 0. The molecule has 0 aliphatic heterocycles. The summed E-state index contributed by atoms with van der Waals surface area (Å²) in [4.78, 5) is 8.49. The predicted molar refractivity (Wildman–Crippen MR) is 99.0 cm³/mol. The van der Waals surface area contributed by atoms with E-state index in [1.54, 1.807) is 0 Å². The number of benzene rings is 2. The first-order valence-electron chi connectivity index (χ1n) is 7.57. The van der Waals surface area contributed by atoms with Crippen molar-refractivity contribution >= 4 is 24.3 Å². The predicted octanol–water partition coefficient (Wildman–Crippen LogP) is 5.01. The Hall–Kier alpha value is -2.42. The van der Waals surface area contributed by atoms with Gasteiger partial charge in [-0.2, -0.15) is 0 Å². The average molecular weight is 295 g/mol. The van der Waals surface area contributed by atoms with Crippen molar-refractivity contribution in [3.8, 4) is 0 Å². The van der Waals surface area contributed by atoms with E-state index in [0.29, 0.717) is 6.54 Å². The Morgan fingerprint density at radius 1 is 1.09 bits per heavy atom. The summed E-state index contributed by atoms with van der Waals surface area (Å²) in [5, 5.41) is 3.10. The Morgan fingerprint density at radius 3 is 2.36 bits per heavy atom. The molecule has 3 heteroatoms. The summed E-state index contributed by atoms with van der Waals surface area (Å²) in [6, 6.07) is 14.3. The number of hydrogen-bond donors (Lipinski definition) is 1. The average Bonchev–Trinajstić information content (AvgIpc) is 2.57. The van der Waals surface area contributed by atoms with E-state index < -0.39 is 0 Å². The lowest BCUT2D eigenvalue weighted by molar-refractivity contribution is 1.08. The van der Waals surface area contributed by atoms with E-state index >= 15 is 0 Å². The van der Waals surface area contributed by atoms with Gasteiger partial charge in [-0.3, -0.25) is 9.98 Å². The molecule has 2 rings (SSSR count). The van der Waals surface area contributed by atoms with Crippen LogP contribution >= 0.6 is 0 Å². The van der Waals surface area contributed by atoms with Crippen LogP contribution in [0.1, 0.15) is 30.5 Å². The normalized spacial score (nSPS) is 10.0. The first kappa shape index (κ1) is 17.6. The summed E-state index contributed by atoms with van der Waals surface area (Å²) >= 11 is 0. The molecule has 2 aromatic rings. The minimum atomic E-state index is 0.661. The second-order valence-corrected chi connectivity index (χ2v) is 4.64. The highest BCUT2D eigenvalue weighted by Crippen LogP contribution is 2.18. The molecule has 0 heterocycles. The molecular formula is C19H25N3. The van der Waals surface area contributed by atoms with Crippen LogP contribution in [0, 0.1) is 6.92 Å². The minimum Gasteiger partial charge on any atom is -0.388 e. The van der Waals surface area contributed by atoms with Crippen LogP contribution in [0.25, 0.3) is 0 Å². The highest BCUT2D eigenvalue weighted by Gasteiger charge is 1.98. The van der Waals surface area contributed by atoms with Crippen molar-refractivity contribution in [3.05, 3.63) is 59.2 Å². The number of nitrogens with one attached hydrogen (secondary N) is 1. The fourth-order valence-electron chi connectivity index (χ4n) is 1.95. The zero-order valence-electron chi connectivity index (χ0n) is 13.9. The lowest BCUT2D eigenvalue weighted by Gasteiger charge is -2.02. The number of nitrogens with zero attached hydrogens (tertiary/aromatic N) is 2. The van der Waals surface area contributed by atoms with Crippen molar-refractivity contribution in [1.29, 1.82) is 0 Å². The first-order valence-corrected chi connectivity index (χ1v) is 7.57. The van der Waals surface area contributed by atoms with Crippen LogP contribution in [0.3, 0.4) is 0 Å². The molecule has 0 bridgehead atoms. The summed E-state index contributed by atoms with van der Waals surface area (Å²) in [7, 11) is 1.91. The Kier molecular flexibility index (Phi) is 7.62. The van der Waals surface area contributed by atoms with Gasteiger partial charge in [-0.05, 0) is 43.5 Å². The van der Waals surface area contributed by atoms with Crippen molar-refractivity contribution in [2.24, 2.45) is 9.98 Å². The van der Waals surface area contributed by atoms with Crippen molar-refractivity contribution in [1.82, 2.24) is 0 Å². The van der Waals surface area contributed by atoms with Crippen LogP contribution in [-0.4, -0.2) is 20.0 Å². The van der Waals surface area contributed by atoms with E-state index in [9.17, 15) is 0 Å². The molecule has 0 saturated carbocycles. The molecule has 0 amide bonds. The second-order valence-electron chi connectivity index (χ2n) is 4.64. The molecule has 0 saturated heterocycles. The lowest BCUT2D eigenvalue weighted by Crippen LogP contribution is -1.89. The van der Waals surface area contributed by atoms with Crippen LogP contribution in [0.2, 0.25) is 0 Å². The summed E-state index contributed by atoms with van der Waals surface area (Å²) in [5.41, 5.74) is 5.35. The van der Waals surface area contributed by atoms with Gasteiger partial charge in [0.25, 0.3) is 0 Å². The molecule has 2 aromatic carbocycles. The molecule has 0 atom stereocenters. The largest absolute Gasteiger partial charge is 0.388 e. The van der Waals surface area contributed by atoms with Gasteiger partial charge in [-0.1, -0.05) is 37.6 Å². The molecule has 0 unspecified atom stereocenters. The van der Waals surface area contributed by atoms with Crippen LogP contribution in [0.15, 0.2) is 52.4 Å². The van der Waals surface area contributed by atoms with Gasteiger partial charge < -0.3 is 5.32 Å². The van der Waals surface area contributed by atoms with E-state index in [4.69, 9.17) is 0 Å². The molecule has 0 aliphatic rings. The van der Waals surface area contributed by atoms with Gasteiger partial charge in [0, 0.05) is 24.5 Å². The van der Waals surface area contributed by atoms with Crippen molar-refractivity contribution in [2.45, 2.75) is 27.3 Å². The highest BCUT2D eigenvalue weighted by atomic mass is 14.8. The van der Waals surface area contributed by atoms with Crippen LogP contribution in [-0.2, 0) is 6.54 Å². The first-order chi connectivity index (χ1) is 10.7. The fourth-order valence-corrected chi connectivity index (χ4v) is 1.95. The maximum absolute atomic E-state index is 4.48. The third-order valence-corrected chi connectivity index (χ3v) is 3.10.